The Kier molecular flexibility index (Phi) is 6.94. The van der Waals surface area contributed by atoms with Gasteiger partial charge in [-0.3, -0.25) is 14.9 Å². The molecule has 1 aromatic heterocycles. The number of benzene rings is 2. The number of nitro benzene ring substituents is 1. The molecule has 158 valence electrons. The number of thioether (sulfide) groups is 1. The summed E-state index contributed by atoms with van der Waals surface area (Å²) in [7, 11) is 3.17. The number of amides is 1. The molecule has 1 amide bonds. The average Bonchev–Trinajstić information content (AvgIpc) is 3.10. The van der Waals surface area contributed by atoms with Gasteiger partial charge in [-0.1, -0.05) is 18.2 Å². The third kappa shape index (κ3) is 4.73. The summed E-state index contributed by atoms with van der Waals surface area (Å²) < 4.78 is 7.13. The second-order valence-electron chi connectivity index (χ2n) is 6.77. The number of nitrogens with zero attached hydrogens (tertiary/aromatic N) is 4. The van der Waals surface area contributed by atoms with Crippen LogP contribution in [0.5, 0.6) is 5.75 Å². The molecule has 30 heavy (non-hydrogen) atoms. The van der Waals surface area contributed by atoms with Crippen LogP contribution in [-0.2, 0) is 23.6 Å². The van der Waals surface area contributed by atoms with Crippen LogP contribution in [0.3, 0.4) is 0 Å². The van der Waals surface area contributed by atoms with Crippen molar-refractivity contribution in [3.05, 3.63) is 64.0 Å². The third-order valence-electron chi connectivity index (χ3n) is 4.79. The quantitative estimate of drug-likeness (QED) is 0.380. The van der Waals surface area contributed by atoms with E-state index < -0.39 is 4.92 Å². The van der Waals surface area contributed by atoms with Gasteiger partial charge < -0.3 is 14.2 Å². The van der Waals surface area contributed by atoms with Gasteiger partial charge in [0, 0.05) is 25.4 Å². The number of ether oxygens (including phenoxy) is 1. The predicted molar refractivity (Wildman–Crippen MR) is 118 cm³/mol. The van der Waals surface area contributed by atoms with Crippen LogP contribution in [0.1, 0.15) is 18.3 Å². The molecule has 9 heteroatoms. The maximum Gasteiger partial charge on any atom is 0.311 e. The van der Waals surface area contributed by atoms with Crippen molar-refractivity contribution in [1.82, 2.24) is 14.5 Å². The van der Waals surface area contributed by atoms with Crippen molar-refractivity contribution in [3.8, 4) is 5.75 Å². The molecule has 2 aromatic carbocycles. The van der Waals surface area contributed by atoms with E-state index in [-0.39, 0.29) is 23.1 Å². The smallest absolute Gasteiger partial charge is 0.311 e. The molecule has 8 nitrogen and oxygen atoms in total. The van der Waals surface area contributed by atoms with Gasteiger partial charge in [-0.2, -0.15) is 0 Å². The number of hydrogen-bond donors (Lipinski definition) is 0. The summed E-state index contributed by atoms with van der Waals surface area (Å²) in [6.45, 7) is 3.27. The van der Waals surface area contributed by atoms with Crippen molar-refractivity contribution in [1.29, 1.82) is 0 Å². The molecule has 3 rings (SSSR count). The minimum absolute atomic E-state index is 0.0160. The van der Waals surface area contributed by atoms with E-state index in [1.807, 2.05) is 24.3 Å². The summed E-state index contributed by atoms with van der Waals surface area (Å²) in [6.07, 6.45) is 0. The maximum absolute atomic E-state index is 12.6. The predicted octanol–water partition coefficient (Wildman–Crippen LogP) is 3.86. The van der Waals surface area contributed by atoms with E-state index in [0.29, 0.717) is 12.3 Å². The van der Waals surface area contributed by atoms with Gasteiger partial charge in [0.25, 0.3) is 0 Å². The highest BCUT2D eigenvalue weighted by molar-refractivity contribution is 7.99. The molecule has 0 aliphatic carbocycles. The topological polar surface area (TPSA) is 90.5 Å². The fraction of sp³-hybridized carbons (Fsp3) is 0.333. The van der Waals surface area contributed by atoms with Gasteiger partial charge in [0.05, 0.1) is 35.4 Å². The van der Waals surface area contributed by atoms with Crippen molar-refractivity contribution in [2.75, 3.05) is 19.9 Å². The molecule has 0 bridgehead atoms. The summed E-state index contributed by atoms with van der Waals surface area (Å²) in [5.41, 5.74) is 2.69. The van der Waals surface area contributed by atoms with Crippen LogP contribution in [0.2, 0.25) is 0 Å². The van der Waals surface area contributed by atoms with Crippen molar-refractivity contribution in [2.45, 2.75) is 25.8 Å². The molecule has 0 saturated heterocycles. The minimum atomic E-state index is -0.467. The van der Waals surface area contributed by atoms with Crippen LogP contribution in [-0.4, -0.2) is 45.2 Å². The molecule has 0 aliphatic heterocycles. The van der Waals surface area contributed by atoms with Crippen LogP contribution in [0.15, 0.2) is 42.5 Å². The first kappa shape index (κ1) is 21.6. The molecule has 0 saturated carbocycles. The number of aromatic nitrogens is 2. The molecule has 0 N–H and O–H groups in total. The molecule has 0 atom stereocenters. The lowest BCUT2D eigenvalue weighted by atomic mass is 10.2. The van der Waals surface area contributed by atoms with E-state index in [9.17, 15) is 14.9 Å². The molecule has 0 fully saturated rings. The van der Waals surface area contributed by atoms with Gasteiger partial charge >= 0.3 is 5.69 Å². The number of rotatable bonds is 9. The lowest BCUT2D eigenvalue weighted by Crippen LogP contribution is -2.29. The second kappa shape index (κ2) is 9.62. The SMILES string of the molecule is CCn1c(CN(C)C(=O)CSCc2ccc(OC)c([N+](=O)[O-])c2)nc2ccccc21. The highest BCUT2D eigenvalue weighted by Crippen LogP contribution is 2.29. The van der Waals surface area contributed by atoms with Crippen LogP contribution in [0.4, 0.5) is 5.69 Å². The fourth-order valence-electron chi connectivity index (χ4n) is 3.23. The number of hydrogen-bond acceptors (Lipinski definition) is 6. The lowest BCUT2D eigenvalue weighted by molar-refractivity contribution is -0.385. The van der Waals surface area contributed by atoms with Crippen molar-refractivity contribution in [3.63, 3.8) is 0 Å². The Bertz CT molecular complexity index is 1070. The zero-order chi connectivity index (χ0) is 21.7. The van der Waals surface area contributed by atoms with E-state index in [4.69, 9.17) is 4.74 Å². The first-order valence-electron chi connectivity index (χ1n) is 9.51. The average molecular weight is 429 g/mol. The van der Waals surface area contributed by atoms with E-state index in [0.717, 1.165) is 29.0 Å². The second-order valence-corrected chi connectivity index (χ2v) is 7.75. The molecule has 0 aliphatic rings. The first-order chi connectivity index (χ1) is 14.4. The van der Waals surface area contributed by atoms with E-state index in [2.05, 4.69) is 16.5 Å². The zero-order valence-electron chi connectivity index (χ0n) is 17.2. The number of carbonyl (C=O) groups excluding carboxylic acids is 1. The number of methoxy groups -OCH3 is 1. The minimum Gasteiger partial charge on any atom is -0.490 e. The van der Waals surface area contributed by atoms with Gasteiger partial charge in [0.2, 0.25) is 5.91 Å². The van der Waals surface area contributed by atoms with Crippen molar-refractivity contribution < 1.29 is 14.5 Å². The molecule has 0 radical (unpaired) electrons. The third-order valence-corrected chi connectivity index (χ3v) is 5.78. The summed E-state index contributed by atoms with van der Waals surface area (Å²) in [5, 5.41) is 11.1. The number of para-hydroxylation sites is 2. The summed E-state index contributed by atoms with van der Waals surface area (Å²) in [5.74, 6) is 1.84. The van der Waals surface area contributed by atoms with Crippen LogP contribution in [0, 0.1) is 10.1 Å². The molecule has 1 heterocycles. The van der Waals surface area contributed by atoms with Crippen LogP contribution < -0.4 is 4.74 Å². The van der Waals surface area contributed by atoms with Crippen LogP contribution >= 0.6 is 11.8 Å². The molecule has 0 spiro atoms. The molecule has 3 aromatic rings. The van der Waals surface area contributed by atoms with E-state index >= 15 is 0 Å². The Balaban J connectivity index is 1.59. The number of carbonyl (C=O) groups is 1. The van der Waals surface area contributed by atoms with E-state index in [1.54, 1.807) is 24.1 Å². The van der Waals surface area contributed by atoms with Gasteiger partial charge in [0.1, 0.15) is 5.82 Å². The van der Waals surface area contributed by atoms with Gasteiger partial charge in [0.15, 0.2) is 5.75 Å². The van der Waals surface area contributed by atoms with Crippen LogP contribution in [0.25, 0.3) is 11.0 Å². The Hall–Kier alpha value is -3.07. The summed E-state index contributed by atoms with van der Waals surface area (Å²) >= 11 is 1.42. The Morgan fingerprint density at radius 1 is 1.30 bits per heavy atom. The Labute approximate surface area is 179 Å². The number of fused-ring (bicyclic) bond motifs is 1. The zero-order valence-corrected chi connectivity index (χ0v) is 18.0. The maximum atomic E-state index is 12.6. The van der Waals surface area contributed by atoms with Gasteiger partial charge in [-0.05, 0) is 30.7 Å². The number of imidazole rings is 1. The number of nitro groups is 1. The molecular formula is C21H24N4O4S. The standard InChI is InChI=1S/C21H24N4O4S/c1-4-24-17-8-6-5-7-16(17)22-20(24)12-23(2)21(26)14-30-13-15-9-10-19(29-3)18(11-15)25(27)28/h5-11H,4,12-14H2,1-3H3. The van der Waals surface area contributed by atoms with Gasteiger partial charge in [-0.15, -0.1) is 11.8 Å². The molecular weight excluding hydrogens is 404 g/mol. The highest BCUT2D eigenvalue weighted by atomic mass is 32.2. The molecule has 0 unspecified atom stereocenters. The highest BCUT2D eigenvalue weighted by Gasteiger charge is 2.17. The van der Waals surface area contributed by atoms with E-state index in [1.165, 1.54) is 24.9 Å². The largest absolute Gasteiger partial charge is 0.490 e. The lowest BCUT2D eigenvalue weighted by Gasteiger charge is -2.17. The summed E-state index contributed by atoms with van der Waals surface area (Å²) in [4.78, 5) is 29.6. The Morgan fingerprint density at radius 3 is 2.77 bits per heavy atom. The normalized spacial score (nSPS) is 10.9. The van der Waals surface area contributed by atoms with Crippen molar-refractivity contribution in [2.24, 2.45) is 0 Å². The Morgan fingerprint density at radius 2 is 2.07 bits per heavy atom. The van der Waals surface area contributed by atoms with Gasteiger partial charge in [-0.25, -0.2) is 4.98 Å². The fourth-order valence-corrected chi connectivity index (χ4v) is 4.15. The first-order valence-corrected chi connectivity index (χ1v) is 10.7. The number of aryl methyl sites for hydroxylation is 1. The monoisotopic (exact) mass is 428 g/mol. The summed E-state index contributed by atoms with van der Waals surface area (Å²) in [6, 6.07) is 12.8. The van der Waals surface area contributed by atoms with Crippen molar-refractivity contribution >= 4 is 34.4 Å².